The minimum Gasteiger partial charge on any atom is -0.452 e. The second-order valence-corrected chi connectivity index (χ2v) is 6.34. The number of halogens is 2. The lowest BCUT2D eigenvalue weighted by Crippen LogP contribution is -2.14. The van der Waals surface area contributed by atoms with Crippen molar-refractivity contribution in [2.45, 2.75) is 4.90 Å². The summed E-state index contributed by atoms with van der Waals surface area (Å²) in [6.45, 7) is 0. The predicted octanol–water partition coefficient (Wildman–Crippen LogP) is 2.61. The predicted molar refractivity (Wildman–Crippen MR) is 76.4 cm³/mol. The first-order valence-electron chi connectivity index (χ1n) is 5.33. The zero-order chi connectivity index (χ0) is 14.9. The van der Waals surface area contributed by atoms with Gasteiger partial charge in [0, 0.05) is 4.47 Å². The van der Waals surface area contributed by atoms with Crippen LogP contribution in [0.25, 0.3) is 0 Å². The number of nitrogen functional groups attached to an aromatic ring is 1. The van der Waals surface area contributed by atoms with E-state index in [-0.39, 0.29) is 22.1 Å². The number of nitrogens with two attached hydrogens (primary N) is 2. The van der Waals surface area contributed by atoms with Crippen LogP contribution in [-0.2, 0) is 10.0 Å². The summed E-state index contributed by atoms with van der Waals surface area (Å²) in [4.78, 5) is -0.273. The van der Waals surface area contributed by atoms with Crippen LogP contribution in [0.5, 0.6) is 11.5 Å². The Bertz CT molecular complexity index is 765. The van der Waals surface area contributed by atoms with Crippen molar-refractivity contribution in [2.24, 2.45) is 5.14 Å². The van der Waals surface area contributed by atoms with E-state index in [2.05, 4.69) is 15.9 Å². The van der Waals surface area contributed by atoms with Gasteiger partial charge in [0.05, 0.1) is 5.69 Å². The van der Waals surface area contributed by atoms with Crippen molar-refractivity contribution in [3.8, 4) is 11.5 Å². The third kappa shape index (κ3) is 3.09. The highest BCUT2D eigenvalue weighted by Gasteiger charge is 2.17. The first-order chi connectivity index (χ1) is 9.29. The molecule has 0 atom stereocenters. The van der Waals surface area contributed by atoms with Crippen LogP contribution in [0.15, 0.2) is 45.8 Å². The largest absolute Gasteiger partial charge is 0.452 e. The highest BCUT2D eigenvalue weighted by atomic mass is 79.9. The van der Waals surface area contributed by atoms with Gasteiger partial charge in [0.1, 0.15) is 4.90 Å². The van der Waals surface area contributed by atoms with Gasteiger partial charge in [0.25, 0.3) is 0 Å². The maximum atomic E-state index is 13.6. The summed E-state index contributed by atoms with van der Waals surface area (Å²) >= 11 is 3.18. The Kier molecular flexibility index (Phi) is 3.98. The summed E-state index contributed by atoms with van der Waals surface area (Å²) < 4.78 is 42.2. The molecule has 0 aromatic heterocycles. The number of hydrogen-bond acceptors (Lipinski definition) is 4. The maximum absolute atomic E-state index is 13.6. The highest BCUT2D eigenvalue weighted by Crippen LogP contribution is 2.34. The van der Waals surface area contributed by atoms with Gasteiger partial charge in [-0.1, -0.05) is 22.0 Å². The monoisotopic (exact) mass is 360 g/mol. The Labute approximate surface area is 123 Å². The van der Waals surface area contributed by atoms with Crippen LogP contribution in [0.2, 0.25) is 0 Å². The van der Waals surface area contributed by atoms with Crippen molar-refractivity contribution in [2.75, 3.05) is 5.73 Å². The Balaban J connectivity index is 2.47. The van der Waals surface area contributed by atoms with E-state index in [1.165, 1.54) is 36.4 Å². The molecule has 0 heterocycles. The number of benzene rings is 2. The number of rotatable bonds is 3. The molecule has 0 spiro atoms. The molecule has 0 aliphatic heterocycles. The van der Waals surface area contributed by atoms with Gasteiger partial charge in [0.2, 0.25) is 10.0 Å². The number of para-hydroxylation sites is 1. The average molecular weight is 361 g/mol. The second-order valence-electron chi connectivity index (χ2n) is 3.89. The molecule has 20 heavy (non-hydrogen) atoms. The van der Waals surface area contributed by atoms with Gasteiger partial charge in [-0.05, 0) is 30.3 Å². The molecule has 106 valence electrons. The van der Waals surface area contributed by atoms with Crippen LogP contribution in [0.4, 0.5) is 10.1 Å². The van der Waals surface area contributed by atoms with E-state index in [1.54, 1.807) is 0 Å². The number of ether oxygens (including phenoxy) is 1. The van der Waals surface area contributed by atoms with Crippen molar-refractivity contribution in [1.82, 2.24) is 0 Å². The zero-order valence-corrected chi connectivity index (χ0v) is 12.4. The molecule has 0 aliphatic rings. The quantitative estimate of drug-likeness (QED) is 0.822. The molecule has 0 fully saturated rings. The fourth-order valence-electron chi connectivity index (χ4n) is 1.53. The van der Waals surface area contributed by atoms with Crippen molar-refractivity contribution < 1.29 is 17.5 Å². The fourth-order valence-corrected chi connectivity index (χ4v) is 2.55. The van der Waals surface area contributed by atoms with Gasteiger partial charge < -0.3 is 10.5 Å². The van der Waals surface area contributed by atoms with E-state index in [0.29, 0.717) is 4.47 Å². The molecule has 0 aliphatic carbocycles. The average Bonchev–Trinajstić information content (AvgIpc) is 2.35. The molecular weight excluding hydrogens is 351 g/mol. The van der Waals surface area contributed by atoms with Crippen LogP contribution in [0, 0.1) is 5.82 Å². The number of sulfonamides is 1. The van der Waals surface area contributed by atoms with E-state index in [0.717, 1.165) is 0 Å². The van der Waals surface area contributed by atoms with Crippen LogP contribution in [0.1, 0.15) is 0 Å². The van der Waals surface area contributed by atoms with Gasteiger partial charge in [-0.15, -0.1) is 0 Å². The van der Waals surface area contributed by atoms with Gasteiger partial charge in [-0.25, -0.2) is 17.9 Å². The molecule has 8 heteroatoms. The Morgan fingerprint density at radius 2 is 1.85 bits per heavy atom. The molecule has 4 N–H and O–H groups in total. The molecule has 0 saturated heterocycles. The number of hydrogen-bond donors (Lipinski definition) is 2. The normalized spacial score (nSPS) is 11.3. The molecule has 0 unspecified atom stereocenters. The molecule has 5 nitrogen and oxygen atoms in total. The van der Waals surface area contributed by atoms with Crippen molar-refractivity contribution in [3.63, 3.8) is 0 Å². The molecular formula is C12H10BrFN2O3S. The third-order valence-corrected chi connectivity index (χ3v) is 3.91. The van der Waals surface area contributed by atoms with Gasteiger partial charge in [0.15, 0.2) is 17.3 Å². The highest BCUT2D eigenvalue weighted by molar-refractivity contribution is 9.10. The van der Waals surface area contributed by atoms with Crippen LogP contribution < -0.4 is 15.6 Å². The van der Waals surface area contributed by atoms with Gasteiger partial charge in [-0.3, -0.25) is 0 Å². The third-order valence-electron chi connectivity index (χ3n) is 2.45. The molecule has 2 rings (SSSR count). The Morgan fingerprint density at radius 3 is 2.50 bits per heavy atom. The molecule has 0 bridgehead atoms. The summed E-state index contributed by atoms with van der Waals surface area (Å²) in [6, 6.07) is 8.18. The molecule has 0 radical (unpaired) electrons. The van der Waals surface area contributed by atoms with Gasteiger partial charge >= 0.3 is 0 Å². The fraction of sp³-hybridized carbons (Fsp3) is 0. The van der Waals surface area contributed by atoms with Crippen LogP contribution in [-0.4, -0.2) is 8.42 Å². The van der Waals surface area contributed by atoms with Crippen molar-refractivity contribution in [3.05, 3.63) is 46.7 Å². The zero-order valence-electron chi connectivity index (χ0n) is 10.0. The number of anilines is 1. The van der Waals surface area contributed by atoms with E-state index in [4.69, 9.17) is 15.6 Å². The summed E-state index contributed by atoms with van der Waals surface area (Å²) in [5.41, 5.74) is 5.52. The first-order valence-corrected chi connectivity index (χ1v) is 7.67. The Hall–Kier alpha value is -1.64. The maximum Gasteiger partial charge on any atom is 0.240 e. The lowest BCUT2D eigenvalue weighted by molar-refractivity contribution is 0.442. The van der Waals surface area contributed by atoms with E-state index >= 15 is 0 Å². The molecule has 0 amide bonds. The van der Waals surface area contributed by atoms with E-state index < -0.39 is 15.8 Å². The summed E-state index contributed by atoms with van der Waals surface area (Å²) in [5, 5.41) is 5.03. The molecule has 2 aromatic carbocycles. The van der Waals surface area contributed by atoms with Crippen LogP contribution in [0.3, 0.4) is 0 Å². The smallest absolute Gasteiger partial charge is 0.240 e. The SMILES string of the molecule is Nc1c(Oc2cc(Br)ccc2F)cccc1S(N)(=O)=O. The standard InChI is InChI=1S/C12H10BrFN2O3S/c13-7-4-5-8(14)10(6-7)19-9-2-1-3-11(12(9)15)20(16,17)18/h1-6H,15H2,(H2,16,17,18). The lowest BCUT2D eigenvalue weighted by Gasteiger charge is -2.11. The van der Waals surface area contributed by atoms with Crippen LogP contribution >= 0.6 is 15.9 Å². The molecule has 2 aromatic rings. The van der Waals surface area contributed by atoms with Crippen molar-refractivity contribution >= 4 is 31.6 Å². The van der Waals surface area contributed by atoms with E-state index in [1.807, 2.05) is 0 Å². The lowest BCUT2D eigenvalue weighted by atomic mass is 10.3. The summed E-state index contributed by atoms with van der Waals surface area (Å²) in [6.07, 6.45) is 0. The minimum atomic E-state index is -3.97. The number of primary sulfonamides is 1. The second kappa shape index (κ2) is 5.39. The topological polar surface area (TPSA) is 95.4 Å². The molecule has 0 saturated carbocycles. The Morgan fingerprint density at radius 1 is 1.15 bits per heavy atom. The summed E-state index contributed by atoms with van der Waals surface area (Å²) in [7, 11) is -3.97. The van der Waals surface area contributed by atoms with Gasteiger partial charge in [-0.2, -0.15) is 0 Å². The summed E-state index contributed by atoms with van der Waals surface area (Å²) in [5.74, 6) is -0.681. The van der Waals surface area contributed by atoms with Crippen molar-refractivity contribution in [1.29, 1.82) is 0 Å². The van der Waals surface area contributed by atoms with E-state index in [9.17, 15) is 12.8 Å². The first kappa shape index (κ1) is 14.8. The minimum absolute atomic E-state index is 0.00789.